The second kappa shape index (κ2) is 10.4. The minimum Gasteiger partial charge on any atom is -0.493 e. The van der Waals surface area contributed by atoms with Gasteiger partial charge in [-0.3, -0.25) is 0 Å². The van der Waals surface area contributed by atoms with Crippen molar-refractivity contribution in [3.63, 3.8) is 0 Å². The average Bonchev–Trinajstić information content (AvgIpc) is 2.65. The van der Waals surface area contributed by atoms with Crippen molar-refractivity contribution in [2.75, 3.05) is 17.7 Å². The highest BCUT2D eigenvalue weighted by molar-refractivity contribution is 7.80. The molecular weight excluding hydrogens is 486 g/mol. The SMILES string of the molecule is COc1ccc(NC(=S)Nc2cc(Cl)cc(Cl)c2)cc1OCc1cc(Cl)cc(Cl)c1. The highest BCUT2D eigenvalue weighted by Crippen LogP contribution is 2.32. The van der Waals surface area contributed by atoms with Gasteiger partial charge in [-0.1, -0.05) is 46.4 Å². The highest BCUT2D eigenvalue weighted by atomic mass is 35.5. The van der Waals surface area contributed by atoms with E-state index in [1.165, 1.54) is 0 Å². The van der Waals surface area contributed by atoms with E-state index in [9.17, 15) is 0 Å². The molecule has 0 aromatic heterocycles. The molecule has 0 unspecified atom stereocenters. The van der Waals surface area contributed by atoms with Gasteiger partial charge in [0.05, 0.1) is 7.11 Å². The topological polar surface area (TPSA) is 42.5 Å². The fourth-order valence-electron chi connectivity index (χ4n) is 2.64. The van der Waals surface area contributed by atoms with Gasteiger partial charge in [0.2, 0.25) is 0 Å². The fraction of sp³-hybridized carbons (Fsp3) is 0.0952. The van der Waals surface area contributed by atoms with Gasteiger partial charge in [0.15, 0.2) is 16.6 Å². The number of ether oxygens (including phenoxy) is 2. The lowest BCUT2D eigenvalue weighted by Gasteiger charge is -2.15. The fourth-order valence-corrected chi connectivity index (χ4v) is 3.98. The Labute approximate surface area is 200 Å². The molecule has 0 aliphatic rings. The van der Waals surface area contributed by atoms with Gasteiger partial charge in [-0.2, -0.15) is 0 Å². The van der Waals surface area contributed by atoms with Gasteiger partial charge >= 0.3 is 0 Å². The van der Waals surface area contributed by atoms with E-state index < -0.39 is 0 Å². The average molecular weight is 502 g/mol. The first kappa shape index (κ1) is 22.8. The summed E-state index contributed by atoms with van der Waals surface area (Å²) in [7, 11) is 1.57. The third-order valence-corrected chi connectivity index (χ3v) is 4.94. The van der Waals surface area contributed by atoms with Crippen LogP contribution in [0.25, 0.3) is 0 Å². The Morgan fingerprint density at radius 1 is 0.767 bits per heavy atom. The quantitative estimate of drug-likeness (QED) is 0.339. The molecule has 0 saturated carbocycles. The van der Waals surface area contributed by atoms with E-state index in [1.54, 1.807) is 55.6 Å². The van der Waals surface area contributed by atoms with E-state index in [-0.39, 0.29) is 6.61 Å². The molecular formula is C21H16Cl4N2O2S. The number of nitrogens with one attached hydrogen (secondary N) is 2. The van der Waals surface area contributed by atoms with Crippen molar-refractivity contribution >= 4 is 75.1 Å². The molecule has 3 aromatic rings. The summed E-state index contributed by atoms with van der Waals surface area (Å²) in [5, 5.41) is 8.60. The first-order valence-corrected chi connectivity index (χ1v) is 10.5. The van der Waals surface area contributed by atoms with Crippen LogP contribution in [0.1, 0.15) is 5.56 Å². The summed E-state index contributed by atoms with van der Waals surface area (Å²) in [6.07, 6.45) is 0. The van der Waals surface area contributed by atoms with Crippen molar-refractivity contribution in [2.24, 2.45) is 0 Å². The number of methoxy groups -OCH3 is 1. The van der Waals surface area contributed by atoms with Gasteiger partial charge in [0.1, 0.15) is 6.61 Å². The van der Waals surface area contributed by atoms with E-state index in [2.05, 4.69) is 10.6 Å². The number of hydrogen-bond donors (Lipinski definition) is 2. The molecule has 156 valence electrons. The monoisotopic (exact) mass is 500 g/mol. The zero-order valence-corrected chi connectivity index (χ0v) is 19.5. The Morgan fingerprint density at radius 3 is 1.93 bits per heavy atom. The van der Waals surface area contributed by atoms with Crippen LogP contribution in [0.2, 0.25) is 20.1 Å². The largest absolute Gasteiger partial charge is 0.493 e. The molecule has 0 aliphatic carbocycles. The lowest BCUT2D eigenvalue weighted by molar-refractivity contribution is 0.285. The molecule has 3 rings (SSSR count). The standard InChI is InChI=1S/C21H16Cl4N2O2S/c1-28-19-3-2-17(26-21(30)27-18-8-15(24)7-16(25)9-18)10-20(19)29-11-12-4-13(22)6-14(23)5-12/h2-10H,11H2,1H3,(H2,26,27,30). The molecule has 0 atom stereocenters. The molecule has 30 heavy (non-hydrogen) atoms. The molecule has 0 amide bonds. The first-order valence-electron chi connectivity index (χ1n) is 8.62. The Bertz CT molecular complexity index is 1040. The lowest BCUT2D eigenvalue weighted by atomic mass is 10.2. The third-order valence-electron chi connectivity index (χ3n) is 3.86. The molecule has 0 spiro atoms. The van der Waals surface area contributed by atoms with Crippen LogP contribution in [0.5, 0.6) is 11.5 Å². The van der Waals surface area contributed by atoms with Crippen LogP contribution < -0.4 is 20.1 Å². The summed E-state index contributed by atoms with van der Waals surface area (Å²) in [6, 6.07) is 15.7. The molecule has 0 heterocycles. The zero-order valence-electron chi connectivity index (χ0n) is 15.6. The maximum absolute atomic E-state index is 6.05. The molecule has 0 bridgehead atoms. The van der Waals surface area contributed by atoms with Crippen LogP contribution in [-0.2, 0) is 6.61 Å². The van der Waals surface area contributed by atoms with Gasteiger partial charge in [0, 0.05) is 37.5 Å². The van der Waals surface area contributed by atoms with Crippen molar-refractivity contribution in [3.05, 3.63) is 80.3 Å². The summed E-state index contributed by atoms with van der Waals surface area (Å²) in [4.78, 5) is 0. The molecule has 0 radical (unpaired) electrons. The maximum Gasteiger partial charge on any atom is 0.175 e. The van der Waals surface area contributed by atoms with Crippen molar-refractivity contribution < 1.29 is 9.47 Å². The van der Waals surface area contributed by atoms with E-state index in [0.717, 1.165) is 5.56 Å². The van der Waals surface area contributed by atoms with E-state index in [0.29, 0.717) is 48.1 Å². The predicted octanol–water partition coefficient (Wildman–Crippen LogP) is 7.70. The molecule has 3 aromatic carbocycles. The Hall–Kier alpha value is -1.89. The smallest absolute Gasteiger partial charge is 0.175 e. The van der Waals surface area contributed by atoms with Crippen LogP contribution in [0.15, 0.2) is 54.6 Å². The van der Waals surface area contributed by atoms with Gasteiger partial charge in [-0.15, -0.1) is 0 Å². The van der Waals surface area contributed by atoms with Crippen molar-refractivity contribution in [2.45, 2.75) is 6.61 Å². The number of halogens is 4. The third kappa shape index (κ3) is 6.56. The molecule has 2 N–H and O–H groups in total. The van der Waals surface area contributed by atoms with Crippen molar-refractivity contribution in [3.8, 4) is 11.5 Å². The Kier molecular flexibility index (Phi) is 7.92. The molecule has 9 heteroatoms. The highest BCUT2D eigenvalue weighted by Gasteiger charge is 2.09. The number of rotatable bonds is 6. The number of thiocarbonyl (C=S) groups is 1. The van der Waals surface area contributed by atoms with E-state index >= 15 is 0 Å². The maximum atomic E-state index is 6.05. The zero-order chi connectivity index (χ0) is 21.7. The van der Waals surface area contributed by atoms with Gasteiger partial charge < -0.3 is 20.1 Å². The predicted molar refractivity (Wildman–Crippen MR) is 130 cm³/mol. The Balaban J connectivity index is 1.70. The number of hydrogen-bond acceptors (Lipinski definition) is 3. The van der Waals surface area contributed by atoms with Crippen LogP contribution in [0, 0.1) is 0 Å². The van der Waals surface area contributed by atoms with Crippen molar-refractivity contribution in [1.82, 2.24) is 0 Å². The lowest BCUT2D eigenvalue weighted by Crippen LogP contribution is -2.19. The summed E-state index contributed by atoms with van der Waals surface area (Å²) in [5.41, 5.74) is 2.22. The van der Waals surface area contributed by atoms with Crippen LogP contribution >= 0.6 is 58.6 Å². The van der Waals surface area contributed by atoms with E-state index in [4.69, 9.17) is 68.1 Å². The Morgan fingerprint density at radius 2 is 1.33 bits per heavy atom. The summed E-state index contributed by atoms with van der Waals surface area (Å²) < 4.78 is 11.3. The second-order valence-electron chi connectivity index (χ2n) is 6.17. The van der Waals surface area contributed by atoms with Crippen LogP contribution in [-0.4, -0.2) is 12.2 Å². The molecule has 0 aliphatic heterocycles. The number of benzene rings is 3. The van der Waals surface area contributed by atoms with Gasteiger partial charge in [-0.05, 0) is 66.3 Å². The molecule has 4 nitrogen and oxygen atoms in total. The van der Waals surface area contributed by atoms with E-state index in [1.807, 2.05) is 6.07 Å². The minimum atomic E-state index is 0.268. The summed E-state index contributed by atoms with van der Waals surface area (Å²) >= 11 is 29.5. The second-order valence-corrected chi connectivity index (χ2v) is 8.32. The minimum absolute atomic E-state index is 0.268. The van der Waals surface area contributed by atoms with Crippen LogP contribution in [0.3, 0.4) is 0 Å². The van der Waals surface area contributed by atoms with Gasteiger partial charge in [0.25, 0.3) is 0 Å². The summed E-state index contributed by atoms with van der Waals surface area (Å²) in [6.45, 7) is 0.268. The van der Waals surface area contributed by atoms with Gasteiger partial charge in [-0.25, -0.2) is 0 Å². The number of anilines is 2. The summed E-state index contributed by atoms with van der Waals surface area (Å²) in [5.74, 6) is 1.11. The molecule has 0 saturated heterocycles. The first-order chi connectivity index (χ1) is 14.3. The van der Waals surface area contributed by atoms with Crippen molar-refractivity contribution in [1.29, 1.82) is 0 Å². The normalized spacial score (nSPS) is 10.4. The molecule has 0 fully saturated rings. The van der Waals surface area contributed by atoms with Crippen LogP contribution in [0.4, 0.5) is 11.4 Å².